The molecule has 2 nitrogen and oxygen atoms in total. The van der Waals surface area contributed by atoms with Crippen molar-refractivity contribution in [2.24, 2.45) is 0 Å². The molecule has 0 aromatic rings. The number of rotatable bonds is 6. The Morgan fingerprint density at radius 2 is 1.64 bits per heavy atom. The first-order valence-corrected chi connectivity index (χ1v) is 4.24. The molecule has 0 spiro atoms. The van der Waals surface area contributed by atoms with Crippen LogP contribution in [0.1, 0.15) is 27.2 Å². The van der Waals surface area contributed by atoms with Crippen molar-refractivity contribution in [2.45, 2.75) is 33.5 Å². The van der Waals surface area contributed by atoms with E-state index in [1.807, 2.05) is 19.9 Å². The minimum atomic E-state index is -0.148. The minimum Gasteiger partial charge on any atom is -0.349 e. The molecule has 0 atom stereocenters. The third kappa shape index (κ3) is 6.07. The molecule has 0 fully saturated rings. The molecule has 0 bridgehead atoms. The maximum atomic E-state index is 5.28. The van der Waals surface area contributed by atoms with Crippen LogP contribution in [0.2, 0.25) is 0 Å². The monoisotopic (exact) mass is 158 g/mol. The molecular formula is C9H18O2. The number of ether oxygens (including phenoxy) is 2. The van der Waals surface area contributed by atoms with Gasteiger partial charge in [-0.3, -0.25) is 0 Å². The van der Waals surface area contributed by atoms with Gasteiger partial charge in [0, 0.05) is 13.2 Å². The van der Waals surface area contributed by atoms with E-state index in [2.05, 4.69) is 13.0 Å². The smallest absolute Gasteiger partial charge is 0.176 e. The first-order valence-electron chi connectivity index (χ1n) is 4.24. The molecule has 0 aromatic carbocycles. The minimum absolute atomic E-state index is 0.148. The SMILES string of the molecule is CC/C=C/C(OCC)OCC. The molecule has 11 heavy (non-hydrogen) atoms. The fraction of sp³-hybridized carbons (Fsp3) is 0.778. The molecule has 0 unspecified atom stereocenters. The molecule has 0 aliphatic rings. The van der Waals surface area contributed by atoms with Gasteiger partial charge in [0.25, 0.3) is 0 Å². The van der Waals surface area contributed by atoms with Gasteiger partial charge in [0.1, 0.15) is 0 Å². The average Bonchev–Trinajstić information content (AvgIpc) is 2.01. The van der Waals surface area contributed by atoms with E-state index >= 15 is 0 Å². The van der Waals surface area contributed by atoms with E-state index in [0.717, 1.165) is 6.42 Å². The lowest BCUT2D eigenvalue weighted by molar-refractivity contribution is -0.104. The summed E-state index contributed by atoms with van der Waals surface area (Å²) in [6.45, 7) is 7.40. The first kappa shape index (κ1) is 10.7. The van der Waals surface area contributed by atoms with Crippen molar-refractivity contribution in [1.29, 1.82) is 0 Å². The van der Waals surface area contributed by atoms with E-state index in [9.17, 15) is 0 Å². The zero-order chi connectivity index (χ0) is 8.53. The molecule has 0 N–H and O–H groups in total. The topological polar surface area (TPSA) is 18.5 Å². The Morgan fingerprint density at radius 3 is 2.00 bits per heavy atom. The van der Waals surface area contributed by atoms with Crippen LogP contribution in [0.5, 0.6) is 0 Å². The van der Waals surface area contributed by atoms with Gasteiger partial charge in [0.2, 0.25) is 0 Å². The van der Waals surface area contributed by atoms with Gasteiger partial charge in [-0.05, 0) is 26.3 Å². The summed E-state index contributed by atoms with van der Waals surface area (Å²) in [6, 6.07) is 0. The summed E-state index contributed by atoms with van der Waals surface area (Å²) < 4.78 is 10.6. The van der Waals surface area contributed by atoms with Crippen molar-refractivity contribution >= 4 is 0 Å². The molecule has 0 saturated carbocycles. The third-order valence-corrected chi connectivity index (χ3v) is 1.19. The van der Waals surface area contributed by atoms with E-state index < -0.39 is 0 Å². The fourth-order valence-corrected chi connectivity index (χ4v) is 0.735. The van der Waals surface area contributed by atoms with Gasteiger partial charge in [-0.1, -0.05) is 13.0 Å². The van der Waals surface area contributed by atoms with Crippen LogP contribution in [0.4, 0.5) is 0 Å². The highest BCUT2D eigenvalue weighted by Crippen LogP contribution is 1.97. The van der Waals surface area contributed by atoms with Crippen LogP contribution in [0, 0.1) is 0 Å². The average molecular weight is 158 g/mol. The molecule has 0 rings (SSSR count). The molecule has 0 saturated heterocycles. The van der Waals surface area contributed by atoms with Crippen molar-refractivity contribution in [3.05, 3.63) is 12.2 Å². The maximum Gasteiger partial charge on any atom is 0.176 e. The molecule has 0 aromatic heterocycles. The standard InChI is InChI=1S/C9H18O2/c1-4-7-8-9(10-5-2)11-6-3/h7-9H,4-6H2,1-3H3/b8-7+. The third-order valence-electron chi connectivity index (χ3n) is 1.19. The van der Waals surface area contributed by atoms with Crippen LogP contribution in [0.3, 0.4) is 0 Å². The molecule has 0 heterocycles. The highest BCUT2D eigenvalue weighted by molar-refractivity contribution is 4.83. The van der Waals surface area contributed by atoms with Crippen LogP contribution in [0.25, 0.3) is 0 Å². The summed E-state index contributed by atoms with van der Waals surface area (Å²) >= 11 is 0. The normalized spacial score (nSPS) is 11.6. The predicted octanol–water partition coefficient (Wildman–Crippen LogP) is 2.35. The summed E-state index contributed by atoms with van der Waals surface area (Å²) in [5.74, 6) is 0. The van der Waals surface area contributed by atoms with Crippen LogP contribution in [-0.4, -0.2) is 19.5 Å². The summed E-state index contributed by atoms with van der Waals surface area (Å²) in [4.78, 5) is 0. The second-order valence-corrected chi connectivity index (χ2v) is 2.12. The Labute approximate surface area is 69.2 Å². The van der Waals surface area contributed by atoms with E-state index in [-0.39, 0.29) is 6.29 Å². The summed E-state index contributed by atoms with van der Waals surface area (Å²) in [7, 11) is 0. The second-order valence-electron chi connectivity index (χ2n) is 2.12. The molecule has 0 aliphatic heterocycles. The lowest BCUT2D eigenvalue weighted by atomic mass is 10.4. The van der Waals surface area contributed by atoms with Gasteiger partial charge in [0.05, 0.1) is 0 Å². The van der Waals surface area contributed by atoms with Gasteiger partial charge in [-0.15, -0.1) is 0 Å². The summed E-state index contributed by atoms with van der Waals surface area (Å²) in [6.07, 6.45) is 4.88. The number of allylic oxidation sites excluding steroid dienone is 1. The van der Waals surface area contributed by atoms with Crippen LogP contribution >= 0.6 is 0 Å². The number of hydrogen-bond acceptors (Lipinski definition) is 2. The van der Waals surface area contributed by atoms with Gasteiger partial charge in [0.15, 0.2) is 6.29 Å². The summed E-state index contributed by atoms with van der Waals surface area (Å²) in [5, 5.41) is 0. The lowest BCUT2D eigenvalue weighted by Crippen LogP contribution is -2.13. The van der Waals surface area contributed by atoms with Crippen LogP contribution in [0.15, 0.2) is 12.2 Å². The predicted molar refractivity (Wildman–Crippen MR) is 46.5 cm³/mol. The lowest BCUT2D eigenvalue weighted by Gasteiger charge is -2.11. The Balaban J connectivity index is 3.58. The zero-order valence-corrected chi connectivity index (χ0v) is 7.67. The molecule has 0 aliphatic carbocycles. The van der Waals surface area contributed by atoms with Crippen molar-refractivity contribution in [1.82, 2.24) is 0 Å². The number of hydrogen-bond donors (Lipinski definition) is 0. The van der Waals surface area contributed by atoms with Crippen molar-refractivity contribution in [3.63, 3.8) is 0 Å². The second kappa shape index (κ2) is 7.76. The van der Waals surface area contributed by atoms with Crippen LogP contribution < -0.4 is 0 Å². The molecule has 2 heteroatoms. The van der Waals surface area contributed by atoms with Gasteiger partial charge in [-0.25, -0.2) is 0 Å². The molecule has 0 amide bonds. The van der Waals surface area contributed by atoms with Crippen LogP contribution in [-0.2, 0) is 9.47 Å². The Kier molecular flexibility index (Phi) is 7.52. The van der Waals surface area contributed by atoms with E-state index in [0.29, 0.717) is 13.2 Å². The molecular weight excluding hydrogens is 140 g/mol. The van der Waals surface area contributed by atoms with Crippen molar-refractivity contribution in [3.8, 4) is 0 Å². The maximum absolute atomic E-state index is 5.28. The highest BCUT2D eigenvalue weighted by Gasteiger charge is 1.99. The largest absolute Gasteiger partial charge is 0.349 e. The van der Waals surface area contributed by atoms with Crippen molar-refractivity contribution < 1.29 is 9.47 Å². The van der Waals surface area contributed by atoms with E-state index in [1.54, 1.807) is 0 Å². The Bertz CT molecular complexity index is 93.7. The molecule has 66 valence electrons. The quantitative estimate of drug-likeness (QED) is 0.436. The van der Waals surface area contributed by atoms with E-state index in [4.69, 9.17) is 9.47 Å². The van der Waals surface area contributed by atoms with Crippen molar-refractivity contribution in [2.75, 3.05) is 13.2 Å². The zero-order valence-electron chi connectivity index (χ0n) is 7.67. The Morgan fingerprint density at radius 1 is 1.09 bits per heavy atom. The van der Waals surface area contributed by atoms with Gasteiger partial charge in [-0.2, -0.15) is 0 Å². The van der Waals surface area contributed by atoms with Gasteiger partial charge < -0.3 is 9.47 Å². The molecule has 0 radical (unpaired) electrons. The van der Waals surface area contributed by atoms with Gasteiger partial charge >= 0.3 is 0 Å². The first-order chi connectivity index (χ1) is 5.35. The summed E-state index contributed by atoms with van der Waals surface area (Å²) in [5.41, 5.74) is 0. The Hall–Kier alpha value is -0.340. The highest BCUT2D eigenvalue weighted by atomic mass is 16.7. The fourth-order valence-electron chi connectivity index (χ4n) is 0.735. The van der Waals surface area contributed by atoms with E-state index in [1.165, 1.54) is 0 Å².